The van der Waals surface area contributed by atoms with Crippen molar-refractivity contribution in [2.45, 2.75) is 93.1 Å². The van der Waals surface area contributed by atoms with E-state index in [1.807, 2.05) is 44.2 Å². The van der Waals surface area contributed by atoms with E-state index in [9.17, 15) is 24.3 Å². The molecule has 3 fully saturated rings. The minimum atomic E-state index is -1.24. The van der Waals surface area contributed by atoms with Crippen molar-refractivity contribution in [3.05, 3.63) is 61.2 Å². The molecule has 3 heterocycles. The van der Waals surface area contributed by atoms with Gasteiger partial charge in [-0.05, 0) is 51.5 Å². The van der Waals surface area contributed by atoms with Crippen molar-refractivity contribution in [2.75, 3.05) is 33.4 Å². The molecule has 1 aromatic carbocycles. The minimum absolute atomic E-state index is 0.0364. The highest BCUT2D eigenvalue weighted by atomic mass is 79.9. The van der Waals surface area contributed by atoms with Crippen LogP contribution in [0.1, 0.15) is 64.0 Å². The van der Waals surface area contributed by atoms with Crippen LogP contribution in [0.15, 0.2) is 55.6 Å². The molecule has 2 N–H and O–H groups in total. The van der Waals surface area contributed by atoms with Gasteiger partial charge >= 0.3 is 5.97 Å². The van der Waals surface area contributed by atoms with Gasteiger partial charge in [-0.15, -0.1) is 13.2 Å². The zero-order valence-corrected chi connectivity index (χ0v) is 29.8. The summed E-state index contributed by atoms with van der Waals surface area (Å²) < 4.78 is 18.4. The first-order chi connectivity index (χ1) is 23.1. The van der Waals surface area contributed by atoms with Crippen LogP contribution < -0.4 is 5.32 Å². The Bertz CT molecular complexity index is 1310. The third-order valence-corrected chi connectivity index (χ3v) is 10.4. The van der Waals surface area contributed by atoms with Crippen LogP contribution in [-0.4, -0.2) is 107 Å². The fourth-order valence-corrected chi connectivity index (χ4v) is 8.41. The predicted octanol–water partition coefficient (Wildman–Crippen LogP) is 3.70. The van der Waals surface area contributed by atoms with E-state index in [1.165, 1.54) is 7.11 Å². The third-order valence-electron chi connectivity index (χ3n) is 9.59. The fourth-order valence-electron chi connectivity index (χ4n) is 7.47. The van der Waals surface area contributed by atoms with Crippen molar-refractivity contribution in [1.82, 2.24) is 15.1 Å². The number of likely N-dealkylation sites (tertiary alicyclic amines) is 1. The smallest absolute Gasteiger partial charge is 0.313 e. The lowest BCUT2D eigenvalue weighted by Crippen LogP contribution is -2.58. The quantitative estimate of drug-likeness (QED) is 0.0953. The second-order valence-electron chi connectivity index (χ2n) is 13.1. The number of nitrogens with one attached hydrogen (secondary N) is 1. The number of hydrogen-bond donors (Lipinski definition) is 2. The number of benzene rings is 1. The van der Waals surface area contributed by atoms with Crippen LogP contribution in [0.4, 0.5) is 0 Å². The lowest BCUT2D eigenvalue weighted by atomic mass is 9.70. The molecular formula is C36H50BrN3O8. The summed E-state index contributed by atoms with van der Waals surface area (Å²) in [6.07, 6.45) is 4.59. The number of ether oxygens (including phenoxy) is 3. The molecule has 8 atom stereocenters. The summed E-state index contributed by atoms with van der Waals surface area (Å²) in [5.74, 6) is -3.37. The fraction of sp³-hybridized carbons (Fsp3) is 0.611. The largest absolute Gasteiger partial charge is 0.455 e. The summed E-state index contributed by atoms with van der Waals surface area (Å²) in [4.78, 5) is 59.1. The highest BCUT2D eigenvalue weighted by Crippen LogP contribution is 2.60. The van der Waals surface area contributed by atoms with Crippen LogP contribution in [0, 0.1) is 11.8 Å². The van der Waals surface area contributed by atoms with Crippen LogP contribution >= 0.6 is 15.9 Å². The minimum Gasteiger partial charge on any atom is -0.455 e. The number of carbonyl (C=O) groups is 4. The summed E-state index contributed by atoms with van der Waals surface area (Å²) in [6, 6.07) is 7.28. The number of aliphatic hydroxyl groups excluding tert-OH is 1. The number of halogens is 1. The maximum absolute atomic E-state index is 14.5. The normalized spacial score (nSPS) is 27.0. The Labute approximate surface area is 292 Å². The lowest BCUT2D eigenvalue weighted by molar-refractivity contribution is -0.163. The Kier molecular flexibility index (Phi) is 13.4. The van der Waals surface area contributed by atoms with Gasteiger partial charge in [0.25, 0.3) is 0 Å². The maximum Gasteiger partial charge on any atom is 0.313 e. The molecule has 0 radical (unpaired) electrons. The molecule has 2 bridgehead atoms. The number of aliphatic hydroxyl groups is 1. The second-order valence-corrected chi connectivity index (χ2v) is 14.3. The second kappa shape index (κ2) is 17.0. The van der Waals surface area contributed by atoms with E-state index in [2.05, 4.69) is 34.4 Å². The first kappa shape index (κ1) is 37.8. The Hall–Kier alpha value is -3.06. The number of hydrogen-bond acceptors (Lipinski definition) is 8. The maximum atomic E-state index is 14.5. The molecule has 48 heavy (non-hydrogen) atoms. The highest BCUT2D eigenvalue weighted by Gasteiger charge is 2.77. The Morgan fingerprint density at radius 3 is 2.54 bits per heavy atom. The van der Waals surface area contributed by atoms with Gasteiger partial charge in [0.05, 0.1) is 30.6 Å². The molecule has 3 aliphatic rings. The van der Waals surface area contributed by atoms with Crippen LogP contribution in [-0.2, 0) is 33.4 Å². The SMILES string of the molecule is C=CCCC(=O)N[C@@H](COC)[C@@H](OC(=O)[C@@H]1[C@H]2O[C@@]3(CC2Br)[C@H](C(=O)N(CC=C)C(C)C)N(CCCCCO)C(=O)[C@@H]13)c1ccccc1. The predicted molar refractivity (Wildman–Crippen MR) is 184 cm³/mol. The van der Waals surface area contributed by atoms with Gasteiger partial charge in [0, 0.05) is 44.1 Å². The number of nitrogens with zero attached hydrogens (tertiary/aromatic N) is 2. The number of fused-ring (bicyclic) bond motifs is 1. The standard InChI is InChI=1S/C36H50BrN3O8/c1-6-8-17-27(42)38-26(22-46-5)30(24-15-11-9-12-16-24)47-35(45)28-29-33(43)40(19-13-10-14-20-41)32(34(44)39(18-7-2)23(3)4)36(29)21-25(37)31(28)48-36/h6-7,9,11-12,15-16,23,25-26,28-32,41H,1-2,8,10,13-14,17-22H2,3-5H3,(H,38,42)/t25?,26-,28-,29+,30-,31-,32-,36+/m0/s1. The lowest BCUT2D eigenvalue weighted by Gasteiger charge is -2.38. The van der Waals surface area contributed by atoms with E-state index in [4.69, 9.17) is 14.2 Å². The first-order valence-corrected chi connectivity index (χ1v) is 17.8. The molecule has 3 saturated heterocycles. The molecule has 264 valence electrons. The van der Waals surface area contributed by atoms with Crippen molar-refractivity contribution in [3.8, 4) is 0 Å². The van der Waals surface area contributed by atoms with E-state index in [0.717, 1.165) is 0 Å². The molecule has 0 aliphatic carbocycles. The van der Waals surface area contributed by atoms with Crippen molar-refractivity contribution in [1.29, 1.82) is 0 Å². The molecule has 0 aromatic heterocycles. The van der Waals surface area contributed by atoms with Crippen molar-refractivity contribution >= 4 is 39.6 Å². The molecule has 4 rings (SSSR count). The van der Waals surface area contributed by atoms with Gasteiger partial charge in [-0.2, -0.15) is 0 Å². The number of allylic oxidation sites excluding steroid dienone is 1. The summed E-state index contributed by atoms with van der Waals surface area (Å²) in [7, 11) is 1.51. The van der Waals surface area contributed by atoms with Gasteiger partial charge in [0.15, 0.2) is 0 Å². The first-order valence-electron chi connectivity index (χ1n) is 16.8. The summed E-state index contributed by atoms with van der Waals surface area (Å²) in [5.41, 5.74) is -0.589. The number of unbranched alkanes of at least 4 members (excludes halogenated alkanes) is 2. The van der Waals surface area contributed by atoms with Gasteiger partial charge in [-0.3, -0.25) is 19.2 Å². The molecular weight excluding hydrogens is 682 g/mol. The number of alkyl halides is 1. The highest BCUT2D eigenvalue weighted by molar-refractivity contribution is 9.09. The molecule has 1 spiro atoms. The number of amides is 3. The number of rotatable bonds is 19. The molecule has 11 nitrogen and oxygen atoms in total. The van der Waals surface area contributed by atoms with Crippen LogP contribution in [0.5, 0.6) is 0 Å². The Balaban J connectivity index is 1.71. The Morgan fingerprint density at radius 1 is 1.19 bits per heavy atom. The Morgan fingerprint density at radius 2 is 1.92 bits per heavy atom. The monoisotopic (exact) mass is 731 g/mol. The summed E-state index contributed by atoms with van der Waals surface area (Å²) >= 11 is 3.73. The molecule has 1 aromatic rings. The van der Waals surface area contributed by atoms with E-state index in [-0.39, 0.29) is 54.8 Å². The van der Waals surface area contributed by atoms with Gasteiger partial charge in [-0.1, -0.05) is 58.4 Å². The van der Waals surface area contributed by atoms with E-state index < -0.39 is 47.7 Å². The summed E-state index contributed by atoms with van der Waals surface area (Å²) in [6.45, 7) is 12.0. The van der Waals surface area contributed by atoms with E-state index in [1.54, 1.807) is 22.0 Å². The molecule has 1 unspecified atom stereocenters. The molecule has 0 saturated carbocycles. The van der Waals surface area contributed by atoms with E-state index >= 15 is 0 Å². The van der Waals surface area contributed by atoms with Crippen LogP contribution in [0.3, 0.4) is 0 Å². The van der Waals surface area contributed by atoms with Gasteiger partial charge in [-0.25, -0.2) is 0 Å². The van der Waals surface area contributed by atoms with Gasteiger partial charge < -0.3 is 34.4 Å². The average Bonchev–Trinajstić information content (AvgIpc) is 3.66. The van der Waals surface area contributed by atoms with Gasteiger partial charge in [0.2, 0.25) is 17.7 Å². The number of methoxy groups -OCH3 is 1. The van der Waals surface area contributed by atoms with Crippen molar-refractivity contribution < 1.29 is 38.5 Å². The van der Waals surface area contributed by atoms with Crippen molar-refractivity contribution in [2.24, 2.45) is 11.8 Å². The molecule has 3 aliphatic heterocycles. The van der Waals surface area contributed by atoms with E-state index in [0.29, 0.717) is 44.2 Å². The van der Waals surface area contributed by atoms with Crippen LogP contribution in [0.25, 0.3) is 0 Å². The molecule has 12 heteroatoms. The topological polar surface area (TPSA) is 135 Å². The zero-order valence-electron chi connectivity index (χ0n) is 28.2. The average molecular weight is 733 g/mol. The van der Waals surface area contributed by atoms with Gasteiger partial charge in [0.1, 0.15) is 17.7 Å². The summed E-state index contributed by atoms with van der Waals surface area (Å²) in [5, 5.41) is 12.3. The third kappa shape index (κ3) is 7.72. The number of carbonyl (C=O) groups excluding carboxylic acids is 4. The number of esters is 1. The molecule has 3 amide bonds. The zero-order chi connectivity index (χ0) is 35.0. The van der Waals surface area contributed by atoms with Crippen molar-refractivity contribution in [3.63, 3.8) is 0 Å². The van der Waals surface area contributed by atoms with Crippen LogP contribution in [0.2, 0.25) is 0 Å².